The molecule has 1 aromatic heterocycles. The van der Waals surface area contributed by atoms with Crippen LogP contribution < -0.4 is 5.32 Å². The highest BCUT2D eigenvalue weighted by Crippen LogP contribution is 2.32. The fourth-order valence-electron chi connectivity index (χ4n) is 3.36. The molecular formula is C19H19ClN2O4S. The zero-order valence-corrected chi connectivity index (χ0v) is 16.1. The van der Waals surface area contributed by atoms with Gasteiger partial charge in [-0.05, 0) is 29.6 Å². The van der Waals surface area contributed by atoms with Crippen LogP contribution in [0.25, 0.3) is 0 Å². The van der Waals surface area contributed by atoms with Crippen molar-refractivity contribution in [3.63, 3.8) is 0 Å². The van der Waals surface area contributed by atoms with Gasteiger partial charge >= 0.3 is 0 Å². The number of carbonyl (C=O) groups is 2. The Balaban J connectivity index is 1.45. The van der Waals surface area contributed by atoms with Gasteiger partial charge in [0.05, 0.1) is 28.8 Å². The number of likely N-dealkylation sites (tertiary alicyclic amines) is 1. The average Bonchev–Trinajstić information content (AvgIpc) is 3.36. The molecule has 2 fully saturated rings. The van der Waals surface area contributed by atoms with Crippen LogP contribution in [0.4, 0.5) is 5.69 Å². The van der Waals surface area contributed by atoms with Gasteiger partial charge in [-0.1, -0.05) is 17.7 Å². The zero-order chi connectivity index (χ0) is 18.9. The van der Waals surface area contributed by atoms with E-state index in [1.807, 2.05) is 11.4 Å². The molecule has 27 heavy (non-hydrogen) atoms. The number of hydrogen-bond acceptors (Lipinski definition) is 5. The van der Waals surface area contributed by atoms with E-state index in [0.29, 0.717) is 60.3 Å². The number of rotatable bonds is 3. The van der Waals surface area contributed by atoms with Gasteiger partial charge in [0.1, 0.15) is 0 Å². The summed E-state index contributed by atoms with van der Waals surface area (Å²) < 4.78 is 11.4. The molecule has 1 aromatic carbocycles. The molecule has 0 atom stereocenters. The van der Waals surface area contributed by atoms with E-state index in [4.69, 9.17) is 21.1 Å². The Morgan fingerprint density at radius 1 is 1.15 bits per heavy atom. The number of halogens is 1. The Hall–Kier alpha value is -1.93. The van der Waals surface area contributed by atoms with Crippen LogP contribution in [-0.4, -0.2) is 48.8 Å². The predicted molar refractivity (Wildman–Crippen MR) is 103 cm³/mol. The Labute approximate surface area is 166 Å². The first-order valence-corrected chi connectivity index (χ1v) is 10.0. The third kappa shape index (κ3) is 3.87. The topological polar surface area (TPSA) is 67.9 Å². The minimum atomic E-state index is -0.517. The van der Waals surface area contributed by atoms with Crippen LogP contribution in [0.1, 0.15) is 32.9 Å². The summed E-state index contributed by atoms with van der Waals surface area (Å²) in [6, 6.07) is 8.48. The molecule has 1 N–H and O–H groups in total. The first-order valence-electron chi connectivity index (χ1n) is 8.78. The highest BCUT2D eigenvalue weighted by atomic mass is 35.5. The summed E-state index contributed by atoms with van der Waals surface area (Å²) in [6.45, 7) is 2.35. The van der Waals surface area contributed by atoms with E-state index in [-0.39, 0.29) is 11.8 Å². The summed E-state index contributed by atoms with van der Waals surface area (Å²) in [5.41, 5.74) is 0.918. The minimum absolute atomic E-state index is 0.0915. The van der Waals surface area contributed by atoms with Gasteiger partial charge in [-0.2, -0.15) is 0 Å². The van der Waals surface area contributed by atoms with Crippen LogP contribution in [0.2, 0.25) is 5.02 Å². The number of piperidine rings is 1. The van der Waals surface area contributed by atoms with E-state index >= 15 is 0 Å². The van der Waals surface area contributed by atoms with E-state index in [1.54, 1.807) is 29.2 Å². The van der Waals surface area contributed by atoms with Crippen molar-refractivity contribution in [3.05, 3.63) is 51.2 Å². The molecule has 142 valence electrons. The summed E-state index contributed by atoms with van der Waals surface area (Å²) in [5.74, 6) is -0.852. The number of nitrogens with zero attached hydrogens (tertiary/aromatic N) is 1. The second-order valence-electron chi connectivity index (χ2n) is 6.53. The Morgan fingerprint density at radius 3 is 2.56 bits per heavy atom. The van der Waals surface area contributed by atoms with Gasteiger partial charge in [0.2, 0.25) is 0 Å². The molecule has 2 aliphatic heterocycles. The van der Waals surface area contributed by atoms with Crippen molar-refractivity contribution >= 4 is 40.4 Å². The maximum Gasteiger partial charge on any atom is 0.265 e. The number of amides is 2. The predicted octanol–water partition coefficient (Wildman–Crippen LogP) is 3.63. The van der Waals surface area contributed by atoms with Gasteiger partial charge in [-0.3, -0.25) is 9.59 Å². The molecule has 2 aliphatic rings. The van der Waals surface area contributed by atoms with Gasteiger partial charge in [-0.15, -0.1) is 11.3 Å². The number of benzene rings is 1. The van der Waals surface area contributed by atoms with Crippen LogP contribution >= 0.6 is 22.9 Å². The number of carbonyl (C=O) groups excluding carboxylic acids is 2. The number of thiophene rings is 1. The Morgan fingerprint density at radius 2 is 1.89 bits per heavy atom. The lowest BCUT2D eigenvalue weighted by atomic mass is 10.0. The van der Waals surface area contributed by atoms with Gasteiger partial charge in [0, 0.05) is 31.5 Å². The van der Waals surface area contributed by atoms with Crippen LogP contribution in [0.3, 0.4) is 0 Å². The normalized spacial score (nSPS) is 18.6. The highest BCUT2D eigenvalue weighted by Gasteiger charge is 2.40. The van der Waals surface area contributed by atoms with Gasteiger partial charge in [-0.25, -0.2) is 0 Å². The summed E-state index contributed by atoms with van der Waals surface area (Å²) in [4.78, 5) is 27.5. The van der Waals surface area contributed by atoms with Crippen molar-refractivity contribution in [1.29, 1.82) is 0 Å². The van der Waals surface area contributed by atoms with E-state index in [2.05, 4.69) is 5.32 Å². The van der Waals surface area contributed by atoms with E-state index in [0.717, 1.165) is 0 Å². The van der Waals surface area contributed by atoms with Crippen molar-refractivity contribution < 1.29 is 19.1 Å². The standard InChI is InChI=1S/C19H19ClN2O4S/c20-14-4-3-13(12-15(14)21-17(23)16-2-1-11-27-16)18(24)22-7-5-19(6-8-22)25-9-10-26-19/h1-4,11-12H,5-10H2,(H,21,23). The molecule has 6 nitrogen and oxygen atoms in total. The molecular weight excluding hydrogens is 388 g/mol. The van der Waals surface area contributed by atoms with Gasteiger partial charge < -0.3 is 19.7 Å². The maximum absolute atomic E-state index is 12.9. The summed E-state index contributed by atoms with van der Waals surface area (Å²) >= 11 is 7.55. The fourth-order valence-corrected chi connectivity index (χ4v) is 4.15. The second-order valence-corrected chi connectivity index (χ2v) is 7.88. The smallest absolute Gasteiger partial charge is 0.265 e. The molecule has 4 rings (SSSR count). The summed E-state index contributed by atoms with van der Waals surface area (Å²) in [7, 11) is 0. The molecule has 0 saturated carbocycles. The lowest BCUT2D eigenvalue weighted by molar-refractivity contribution is -0.181. The first-order chi connectivity index (χ1) is 13.1. The average molecular weight is 407 g/mol. The molecule has 0 unspecified atom stereocenters. The number of anilines is 1. The molecule has 2 aromatic rings. The maximum atomic E-state index is 12.9. The van der Waals surface area contributed by atoms with Crippen molar-refractivity contribution in [1.82, 2.24) is 4.90 Å². The van der Waals surface area contributed by atoms with Crippen molar-refractivity contribution in [3.8, 4) is 0 Å². The fraction of sp³-hybridized carbons (Fsp3) is 0.368. The molecule has 2 saturated heterocycles. The van der Waals surface area contributed by atoms with Crippen LogP contribution in [-0.2, 0) is 9.47 Å². The zero-order valence-electron chi connectivity index (χ0n) is 14.6. The van der Waals surface area contributed by atoms with Gasteiger partial charge in [0.15, 0.2) is 5.79 Å². The SMILES string of the molecule is O=C(Nc1cc(C(=O)N2CCC3(CC2)OCCO3)ccc1Cl)c1cccs1. The molecule has 8 heteroatoms. The lowest BCUT2D eigenvalue weighted by Crippen LogP contribution is -2.47. The summed E-state index contributed by atoms with van der Waals surface area (Å²) in [5, 5.41) is 5.00. The minimum Gasteiger partial charge on any atom is -0.347 e. The van der Waals surface area contributed by atoms with Crippen molar-refractivity contribution in [2.45, 2.75) is 18.6 Å². The highest BCUT2D eigenvalue weighted by molar-refractivity contribution is 7.12. The van der Waals surface area contributed by atoms with Gasteiger partial charge in [0.25, 0.3) is 11.8 Å². The molecule has 3 heterocycles. The molecule has 0 bridgehead atoms. The monoisotopic (exact) mass is 406 g/mol. The van der Waals surface area contributed by atoms with E-state index < -0.39 is 5.79 Å². The first kappa shape index (κ1) is 18.4. The van der Waals surface area contributed by atoms with E-state index in [1.165, 1.54) is 11.3 Å². The quantitative estimate of drug-likeness (QED) is 0.845. The number of nitrogens with one attached hydrogen (secondary N) is 1. The summed E-state index contributed by atoms with van der Waals surface area (Å²) in [6.07, 6.45) is 1.32. The largest absolute Gasteiger partial charge is 0.347 e. The molecule has 2 amide bonds. The Kier molecular flexibility index (Phi) is 5.19. The van der Waals surface area contributed by atoms with Crippen LogP contribution in [0.5, 0.6) is 0 Å². The van der Waals surface area contributed by atoms with E-state index in [9.17, 15) is 9.59 Å². The van der Waals surface area contributed by atoms with Crippen molar-refractivity contribution in [2.75, 3.05) is 31.6 Å². The number of ether oxygens (including phenoxy) is 2. The Bertz CT molecular complexity index is 839. The molecule has 0 aliphatic carbocycles. The molecule has 1 spiro atoms. The van der Waals surface area contributed by atoms with Crippen molar-refractivity contribution in [2.24, 2.45) is 0 Å². The molecule has 0 radical (unpaired) electrons. The number of hydrogen-bond donors (Lipinski definition) is 1. The third-order valence-electron chi connectivity index (χ3n) is 4.83. The lowest BCUT2D eigenvalue weighted by Gasteiger charge is -2.37. The van der Waals surface area contributed by atoms with Crippen LogP contribution in [0.15, 0.2) is 35.7 Å². The van der Waals surface area contributed by atoms with Crippen LogP contribution in [0, 0.1) is 0 Å². The second kappa shape index (κ2) is 7.59. The third-order valence-corrected chi connectivity index (χ3v) is 6.03.